The summed E-state index contributed by atoms with van der Waals surface area (Å²) in [6.45, 7) is 11.9. The summed E-state index contributed by atoms with van der Waals surface area (Å²) in [6.07, 6.45) is 2.42. The van der Waals surface area contributed by atoms with Gasteiger partial charge in [-0.15, -0.1) is 11.8 Å². The minimum absolute atomic E-state index is 0.0667. The molecule has 3 aromatic rings. The van der Waals surface area contributed by atoms with Gasteiger partial charge < -0.3 is 10.2 Å². The fourth-order valence-corrected chi connectivity index (χ4v) is 7.08. The van der Waals surface area contributed by atoms with E-state index in [0.29, 0.717) is 17.4 Å². The number of carbonyl (C=O) groups is 2. The predicted molar refractivity (Wildman–Crippen MR) is 164 cm³/mol. The van der Waals surface area contributed by atoms with E-state index in [-0.39, 0.29) is 34.8 Å². The molecule has 5 rings (SSSR count). The topological polar surface area (TPSA) is 70.5 Å². The Hall–Kier alpha value is -2.81. The Morgan fingerprint density at radius 3 is 2.50 bits per heavy atom. The molecule has 0 bridgehead atoms. The molecule has 2 aromatic carbocycles. The van der Waals surface area contributed by atoms with Gasteiger partial charge in [0.25, 0.3) is 0 Å². The lowest BCUT2D eigenvalue weighted by atomic mass is 9.87. The predicted octanol–water partition coefficient (Wildman–Crippen LogP) is 5.51. The lowest BCUT2D eigenvalue weighted by molar-refractivity contribution is -0.122. The first-order valence-electron chi connectivity index (χ1n) is 14.0. The Balaban J connectivity index is 1.62. The lowest BCUT2D eigenvalue weighted by Gasteiger charge is -2.25. The van der Waals surface area contributed by atoms with E-state index in [0.717, 1.165) is 47.7 Å². The summed E-state index contributed by atoms with van der Waals surface area (Å²) in [5.41, 5.74) is 4.35. The number of amides is 2. The SMILES string of the molecule is Cc1ccccc1-n1nc(C(C)(C)C)c2c1N(CC(=O)NCCN1CCCC1)C(=O)CSC2c1ccccc1Cl. The van der Waals surface area contributed by atoms with E-state index in [2.05, 4.69) is 31.0 Å². The molecule has 2 amide bonds. The van der Waals surface area contributed by atoms with Gasteiger partial charge in [-0.3, -0.25) is 14.5 Å². The van der Waals surface area contributed by atoms with Gasteiger partial charge >= 0.3 is 0 Å². The summed E-state index contributed by atoms with van der Waals surface area (Å²) in [6, 6.07) is 15.8. The van der Waals surface area contributed by atoms with Crippen LogP contribution < -0.4 is 10.2 Å². The second-order valence-corrected chi connectivity index (χ2v) is 13.1. The smallest absolute Gasteiger partial charge is 0.240 e. The number of benzene rings is 2. The summed E-state index contributed by atoms with van der Waals surface area (Å²) >= 11 is 8.30. The van der Waals surface area contributed by atoms with Crippen molar-refractivity contribution >= 4 is 41.0 Å². The number of anilines is 1. The fourth-order valence-electron chi connectivity index (χ4n) is 5.53. The highest BCUT2D eigenvalue weighted by Crippen LogP contribution is 2.49. The Bertz CT molecular complexity index is 1390. The fraction of sp³-hybridized carbons (Fsp3) is 0.452. The Morgan fingerprint density at radius 2 is 1.80 bits per heavy atom. The minimum Gasteiger partial charge on any atom is -0.353 e. The first-order valence-corrected chi connectivity index (χ1v) is 15.4. The van der Waals surface area contributed by atoms with Crippen molar-refractivity contribution < 1.29 is 9.59 Å². The molecular weight excluding hydrogens is 542 g/mol. The van der Waals surface area contributed by atoms with Gasteiger partial charge in [0.15, 0.2) is 0 Å². The molecule has 212 valence electrons. The van der Waals surface area contributed by atoms with Crippen LogP contribution in [0.2, 0.25) is 5.02 Å². The van der Waals surface area contributed by atoms with Gasteiger partial charge in [-0.25, -0.2) is 4.68 Å². The van der Waals surface area contributed by atoms with Gasteiger partial charge in [0.1, 0.15) is 12.4 Å². The number of thioether (sulfide) groups is 1. The van der Waals surface area contributed by atoms with Gasteiger partial charge in [0.2, 0.25) is 11.8 Å². The number of carbonyl (C=O) groups excluding carboxylic acids is 2. The highest BCUT2D eigenvalue weighted by Gasteiger charge is 2.40. The number of para-hydroxylation sites is 1. The van der Waals surface area contributed by atoms with Crippen molar-refractivity contribution in [1.82, 2.24) is 20.0 Å². The summed E-state index contributed by atoms with van der Waals surface area (Å²) in [5, 5.41) is 8.66. The molecule has 7 nitrogen and oxygen atoms in total. The maximum absolute atomic E-state index is 13.8. The Morgan fingerprint density at radius 1 is 1.10 bits per heavy atom. The van der Waals surface area contributed by atoms with Crippen LogP contribution in [0.1, 0.15) is 61.2 Å². The van der Waals surface area contributed by atoms with Crippen molar-refractivity contribution in [3.63, 3.8) is 0 Å². The molecule has 1 saturated heterocycles. The third kappa shape index (κ3) is 5.94. The molecule has 2 aliphatic rings. The van der Waals surface area contributed by atoms with E-state index < -0.39 is 0 Å². The zero-order valence-electron chi connectivity index (χ0n) is 23.7. The third-order valence-corrected chi connectivity index (χ3v) is 9.16. The number of hydrogen-bond donors (Lipinski definition) is 1. The second kappa shape index (κ2) is 12.0. The largest absolute Gasteiger partial charge is 0.353 e. The van der Waals surface area contributed by atoms with Crippen molar-refractivity contribution in [3.05, 3.63) is 75.9 Å². The molecule has 1 N–H and O–H groups in total. The van der Waals surface area contributed by atoms with E-state index in [1.54, 1.807) is 16.7 Å². The van der Waals surface area contributed by atoms with Crippen molar-refractivity contribution in [2.45, 2.75) is 51.2 Å². The number of nitrogens with one attached hydrogen (secondary N) is 1. The van der Waals surface area contributed by atoms with Crippen LogP contribution in [0.25, 0.3) is 5.69 Å². The third-order valence-electron chi connectivity index (χ3n) is 7.58. The number of hydrogen-bond acceptors (Lipinski definition) is 5. The molecule has 0 spiro atoms. The highest BCUT2D eigenvalue weighted by atomic mass is 35.5. The average Bonchev–Trinajstić information content (AvgIpc) is 3.54. The number of aromatic nitrogens is 2. The Labute approximate surface area is 246 Å². The van der Waals surface area contributed by atoms with Crippen molar-refractivity contribution in [1.29, 1.82) is 0 Å². The molecule has 1 atom stereocenters. The number of aryl methyl sites for hydroxylation is 1. The molecule has 1 unspecified atom stereocenters. The molecule has 0 aliphatic carbocycles. The van der Waals surface area contributed by atoms with Crippen LogP contribution in [-0.2, 0) is 15.0 Å². The van der Waals surface area contributed by atoms with Gasteiger partial charge in [-0.05, 0) is 56.1 Å². The number of rotatable bonds is 7. The summed E-state index contributed by atoms with van der Waals surface area (Å²) in [7, 11) is 0. The van der Waals surface area contributed by atoms with Gasteiger partial charge in [-0.2, -0.15) is 5.10 Å². The first kappa shape index (κ1) is 28.7. The van der Waals surface area contributed by atoms with Crippen LogP contribution in [0, 0.1) is 6.92 Å². The Kier molecular flexibility index (Phi) is 8.59. The van der Waals surface area contributed by atoms with Crippen LogP contribution in [0.3, 0.4) is 0 Å². The van der Waals surface area contributed by atoms with E-state index in [9.17, 15) is 9.59 Å². The van der Waals surface area contributed by atoms with E-state index >= 15 is 0 Å². The van der Waals surface area contributed by atoms with Crippen LogP contribution in [0.5, 0.6) is 0 Å². The molecule has 2 aliphatic heterocycles. The van der Waals surface area contributed by atoms with E-state index in [1.807, 2.05) is 60.1 Å². The van der Waals surface area contributed by atoms with Crippen LogP contribution in [-0.4, -0.2) is 65.0 Å². The molecule has 1 aromatic heterocycles. The summed E-state index contributed by atoms with van der Waals surface area (Å²) in [4.78, 5) is 31.1. The first-order chi connectivity index (χ1) is 19.1. The molecule has 0 saturated carbocycles. The summed E-state index contributed by atoms with van der Waals surface area (Å²) in [5.74, 6) is 0.581. The molecule has 3 heterocycles. The maximum Gasteiger partial charge on any atom is 0.240 e. The lowest BCUT2D eigenvalue weighted by Crippen LogP contribution is -2.44. The van der Waals surface area contributed by atoms with Gasteiger partial charge in [-0.1, -0.05) is 68.8 Å². The maximum atomic E-state index is 13.8. The van der Waals surface area contributed by atoms with Gasteiger partial charge in [0.05, 0.1) is 22.4 Å². The average molecular weight is 580 g/mol. The van der Waals surface area contributed by atoms with Crippen LogP contribution >= 0.6 is 23.4 Å². The van der Waals surface area contributed by atoms with E-state index in [4.69, 9.17) is 16.7 Å². The van der Waals surface area contributed by atoms with Crippen LogP contribution in [0.4, 0.5) is 5.82 Å². The van der Waals surface area contributed by atoms with Crippen LogP contribution in [0.15, 0.2) is 48.5 Å². The second-order valence-electron chi connectivity index (χ2n) is 11.6. The number of likely N-dealkylation sites (tertiary alicyclic amines) is 1. The minimum atomic E-state index is -0.324. The highest BCUT2D eigenvalue weighted by molar-refractivity contribution is 8.00. The normalized spacial score (nSPS) is 18.1. The zero-order valence-corrected chi connectivity index (χ0v) is 25.3. The van der Waals surface area contributed by atoms with E-state index in [1.165, 1.54) is 12.8 Å². The quantitative estimate of drug-likeness (QED) is 0.399. The molecule has 0 radical (unpaired) electrons. The molecule has 40 heavy (non-hydrogen) atoms. The monoisotopic (exact) mass is 579 g/mol. The van der Waals surface area contributed by atoms with Crippen molar-refractivity contribution in [3.8, 4) is 5.69 Å². The van der Waals surface area contributed by atoms with Gasteiger partial charge in [0, 0.05) is 29.1 Å². The zero-order chi connectivity index (χ0) is 28.4. The number of halogens is 1. The molecule has 1 fully saturated rings. The molecule has 9 heteroatoms. The number of nitrogens with zero attached hydrogens (tertiary/aromatic N) is 4. The summed E-state index contributed by atoms with van der Waals surface area (Å²) < 4.78 is 1.87. The van der Waals surface area contributed by atoms with Crippen molar-refractivity contribution in [2.75, 3.05) is 43.4 Å². The van der Waals surface area contributed by atoms with Crippen molar-refractivity contribution in [2.24, 2.45) is 0 Å². The molecular formula is C31H38ClN5O2S. The standard InChI is InChI=1S/C31H38ClN5O2S/c1-21-11-5-8-14-24(21)37-30-27(29(34-37)31(2,3)4)28(22-12-6-7-13-23(22)32)40-20-26(39)36(30)19-25(38)33-15-18-35-16-9-10-17-35/h5-8,11-14,28H,9-10,15-20H2,1-4H3,(H,33,38). The number of fused-ring (bicyclic) bond motifs is 1.